The van der Waals surface area contributed by atoms with Crippen LogP contribution < -0.4 is 0 Å². The molecule has 0 saturated carbocycles. The fourth-order valence-electron chi connectivity index (χ4n) is 1.71. The lowest BCUT2D eigenvalue weighted by atomic mass is 10.00. The molecule has 1 unspecified atom stereocenters. The van der Waals surface area contributed by atoms with E-state index in [0.29, 0.717) is 12.5 Å². The Balaban J connectivity index is 4.35. The van der Waals surface area contributed by atoms with Gasteiger partial charge >= 0.3 is 0 Å². The van der Waals surface area contributed by atoms with E-state index in [1.165, 1.54) is 11.1 Å². The molecule has 0 N–H and O–H groups in total. The molecular formula is C18H28O. The van der Waals surface area contributed by atoms with Crippen molar-refractivity contribution in [3.63, 3.8) is 0 Å². The van der Waals surface area contributed by atoms with Crippen molar-refractivity contribution in [1.29, 1.82) is 0 Å². The lowest BCUT2D eigenvalue weighted by molar-refractivity contribution is 0.287. The average molecular weight is 260 g/mol. The SMILES string of the molecule is C=CCO/C=C/C(/C=C(/C)CCC=C(C)C)CC=C. The van der Waals surface area contributed by atoms with E-state index < -0.39 is 0 Å². The average Bonchev–Trinajstić information content (AvgIpc) is 2.34. The maximum atomic E-state index is 5.28. The highest BCUT2D eigenvalue weighted by Gasteiger charge is 1.99. The highest BCUT2D eigenvalue weighted by molar-refractivity contribution is 5.09. The van der Waals surface area contributed by atoms with E-state index in [4.69, 9.17) is 4.74 Å². The zero-order valence-corrected chi connectivity index (χ0v) is 12.7. The van der Waals surface area contributed by atoms with Gasteiger partial charge in [-0.05, 0) is 46.1 Å². The van der Waals surface area contributed by atoms with E-state index in [1.54, 1.807) is 12.3 Å². The Morgan fingerprint density at radius 3 is 2.47 bits per heavy atom. The fraction of sp³-hybridized carbons (Fsp3) is 0.444. The first-order valence-corrected chi connectivity index (χ1v) is 6.90. The quantitative estimate of drug-likeness (QED) is 0.283. The molecule has 0 bridgehead atoms. The first-order valence-electron chi connectivity index (χ1n) is 6.90. The smallest absolute Gasteiger partial charge is 0.105 e. The molecule has 1 atom stereocenters. The summed E-state index contributed by atoms with van der Waals surface area (Å²) in [6.07, 6.45) is 15.3. The van der Waals surface area contributed by atoms with E-state index >= 15 is 0 Å². The van der Waals surface area contributed by atoms with Crippen LogP contribution in [0.2, 0.25) is 0 Å². The lowest BCUT2D eigenvalue weighted by Crippen LogP contribution is -1.93. The summed E-state index contributed by atoms with van der Waals surface area (Å²) in [4.78, 5) is 0. The Hall–Kier alpha value is -1.50. The van der Waals surface area contributed by atoms with Gasteiger partial charge in [0.2, 0.25) is 0 Å². The molecule has 106 valence electrons. The third-order valence-electron chi connectivity index (χ3n) is 2.66. The van der Waals surface area contributed by atoms with Crippen LogP contribution in [-0.2, 0) is 4.74 Å². The van der Waals surface area contributed by atoms with E-state index in [0.717, 1.165) is 19.3 Å². The van der Waals surface area contributed by atoms with Gasteiger partial charge in [0.25, 0.3) is 0 Å². The van der Waals surface area contributed by atoms with Gasteiger partial charge in [-0.3, -0.25) is 0 Å². The monoisotopic (exact) mass is 260 g/mol. The molecule has 1 nitrogen and oxygen atoms in total. The van der Waals surface area contributed by atoms with Crippen molar-refractivity contribution in [3.8, 4) is 0 Å². The van der Waals surface area contributed by atoms with Crippen LogP contribution in [0.5, 0.6) is 0 Å². The summed E-state index contributed by atoms with van der Waals surface area (Å²) < 4.78 is 5.28. The van der Waals surface area contributed by atoms with Crippen molar-refractivity contribution in [3.05, 3.63) is 60.9 Å². The van der Waals surface area contributed by atoms with Gasteiger partial charge in [0.05, 0.1) is 6.26 Å². The summed E-state index contributed by atoms with van der Waals surface area (Å²) in [6.45, 7) is 14.4. The highest BCUT2D eigenvalue weighted by Crippen LogP contribution is 2.15. The van der Waals surface area contributed by atoms with E-state index in [9.17, 15) is 0 Å². The van der Waals surface area contributed by atoms with Crippen LogP contribution in [0.15, 0.2) is 60.9 Å². The first-order chi connectivity index (χ1) is 9.10. The minimum absolute atomic E-state index is 0.369. The molecule has 0 radical (unpaired) electrons. The van der Waals surface area contributed by atoms with Crippen molar-refractivity contribution in [1.82, 2.24) is 0 Å². The Labute approximate surface area is 119 Å². The Morgan fingerprint density at radius 2 is 1.89 bits per heavy atom. The summed E-state index contributed by atoms with van der Waals surface area (Å²) in [5.41, 5.74) is 2.80. The summed E-state index contributed by atoms with van der Waals surface area (Å²) in [5.74, 6) is 0.369. The molecule has 0 amide bonds. The molecule has 0 aromatic heterocycles. The number of ether oxygens (including phenoxy) is 1. The van der Waals surface area contributed by atoms with Gasteiger partial charge in [-0.15, -0.1) is 6.58 Å². The first kappa shape index (κ1) is 17.5. The molecule has 19 heavy (non-hydrogen) atoms. The van der Waals surface area contributed by atoms with Crippen LogP contribution in [-0.4, -0.2) is 6.61 Å². The van der Waals surface area contributed by atoms with Crippen molar-refractivity contribution in [2.24, 2.45) is 5.92 Å². The molecule has 0 aliphatic carbocycles. The van der Waals surface area contributed by atoms with Gasteiger partial charge in [0, 0.05) is 5.92 Å². The number of hydrogen-bond acceptors (Lipinski definition) is 1. The van der Waals surface area contributed by atoms with Crippen LogP contribution >= 0.6 is 0 Å². The molecule has 0 aromatic carbocycles. The predicted octanol–water partition coefficient (Wildman–Crippen LogP) is 5.59. The summed E-state index contributed by atoms with van der Waals surface area (Å²) in [7, 11) is 0. The number of hydrogen-bond donors (Lipinski definition) is 0. The maximum Gasteiger partial charge on any atom is 0.105 e. The Kier molecular flexibility index (Phi) is 10.7. The third-order valence-corrected chi connectivity index (χ3v) is 2.66. The normalized spacial score (nSPS) is 13.1. The van der Waals surface area contributed by atoms with Crippen molar-refractivity contribution in [2.75, 3.05) is 6.61 Å². The molecule has 0 rings (SSSR count). The molecule has 0 spiro atoms. The molecule has 0 aromatic rings. The second kappa shape index (κ2) is 11.6. The molecular weight excluding hydrogens is 232 g/mol. The van der Waals surface area contributed by atoms with Crippen molar-refractivity contribution in [2.45, 2.75) is 40.0 Å². The predicted molar refractivity (Wildman–Crippen MR) is 86.0 cm³/mol. The van der Waals surface area contributed by atoms with E-state index in [-0.39, 0.29) is 0 Å². The summed E-state index contributed by atoms with van der Waals surface area (Å²) >= 11 is 0. The number of rotatable bonds is 10. The van der Waals surface area contributed by atoms with Crippen LogP contribution in [0.4, 0.5) is 0 Å². The molecule has 0 fully saturated rings. The highest BCUT2D eigenvalue weighted by atomic mass is 16.5. The van der Waals surface area contributed by atoms with Gasteiger partial charge in [-0.1, -0.05) is 42.0 Å². The van der Waals surface area contributed by atoms with Gasteiger partial charge in [-0.2, -0.15) is 0 Å². The second-order valence-electron chi connectivity index (χ2n) is 4.97. The van der Waals surface area contributed by atoms with Crippen LogP contribution in [0, 0.1) is 5.92 Å². The minimum Gasteiger partial charge on any atom is -0.497 e. The van der Waals surface area contributed by atoms with Crippen LogP contribution in [0.3, 0.4) is 0 Å². The van der Waals surface area contributed by atoms with Gasteiger partial charge < -0.3 is 4.74 Å². The summed E-state index contributed by atoms with van der Waals surface area (Å²) in [5, 5.41) is 0. The largest absolute Gasteiger partial charge is 0.497 e. The summed E-state index contributed by atoms with van der Waals surface area (Å²) in [6, 6.07) is 0. The fourth-order valence-corrected chi connectivity index (χ4v) is 1.71. The standard InChI is InChI=1S/C18H28O/c1-6-9-18(12-14-19-13-7-2)15-17(5)11-8-10-16(3)4/h6-7,10,12,14-15,18H,1-2,8-9,11,13H2,3-5H3/b14-12+,17-15-. The zero-order valence-electron chi connectivity index (χ0n) is 12.7. The zero-order chi connectivity index (χ0) is 14.5. The van der Waals surface area contributed by atoms with Gasteiger partial charge in [0.15, 0.2) is 0 Å². The van der Waals surface area contributed by atoms with E-state index in [1.807, 2.05) is 6.08 Å². The number of allylic oxidation sites excluding steroid dienone is 6. The van der Waals surface area contributed by atoms with Gasteiger partial charge in [0.1, 0.15) is 6.61 Å². The van der Waals surface area contributed by atoms with Crippen LogP contribution in [0.1, 0.15) is 40.0 Å². The molecule has 1 heteroatoms. The lowest BCUT2D eigenvalue weighted by Gasteiger charge is -2.07. The van der Waals surface area contributed by atoms with Crippen LogP contribution in [0.25, 0.3) is 0 Å². The molecule has 0 saturated heterocycles. The minimum atomic E-state index is 0.369. The maximum absolute atomic E-state index is 5.28. The van der Waals surface area contributed by atoms with Gasteiger partial charge in [-0.25, -0.2) is 0 Å². The third kappa shape index (κ3) is 11.3. The molecule has 0 aliphatic heterocycles. The Morgan fingerprint density at radius 1 is 1.16 bits per heavy atom. The molecule has 0 aliphatic rings. The van der Waals surface area contributed by atoms with Crippen molar-refractivity contribution < 1.29 is 4.74 Å². The second-order valence-corrected chi connectivity index (χ2v) is 4.97. The van der Waals surface area contributed by atoms with E-state index in [2.05, 4.69) is 52.2 Å². The molecule has 0 heterocycles. The topological polar surface area (TPSA) is 9.23 Å². The van der Waals surface area contributed by atoms with Crippen molar-refractivity contribution >= 4 is 0 Å². The Bertz CT molecular complexity index is 341.